The fraction of sp³-hybridized carbons (Fsp3) is 0.455. The molecule has 0 radical (unpaired) electrons. The Bertz CT molecular complexity index is 823. The van der Waals surface area contributed by atoms with E-state index in [2.05, 4.69) is 36.1 Å². The standard InChI is InChI=1S/C22H27N3O3/c1-14(2)16-9-8-15(3)12-20(16)28-22(27)17-6-4-5-7-18(17)25-21(26)19-13-23-10-11-24-19/h4-7,10-11,13-16,20H,8-9,12H2,1-3H3,(H,25,26)/t15-,16+,20+/m1/s1. The molecule has 1 saturated carbocycles. The molecule has 1 aromatic carbocycles. The van der Waals surface area contributed by atoms with E-state index in [0.29, 0.717) is 29.0 Å². The molecule has 2 aromatic rings. The fourth-order valence-corrected chi connectivity index (χ4v) is 3.82. The van der Waals surface area contributed by atoms with E-state index < -0.39 is 11.9 Å². The molecule has 6 nitrogen and oxygen atoms in total. The summed E-state index contributed by atoms with van der Waals surface area (Å²) >= 11 is 0. The molecule has 3 rings (SSSR count). The molecule has 1 fully saturated rings. The lowest BCUT2D eigenvalue weighted by Gasteiger charge is -2.36. The Balaban J connectivity index is 1.76. The van der Waals surface area contributed by atoms with E-state index in [1.807, 2.05) is 0 Å². The van der Waals surface area contributed by atoms with E-state index >= 15 is 0 Å². The van der Waals surface area contributed by atoms with E-state index in [0.717, 1.165) is 12.8 Å². The van der Waals surface area contributed by atoms with Crippen molar-refractivity contribution in [2.75, 3.05) is 5.32 Å². The lowest BCUT2D eigenvalue weighted by molar-refractivity contribution is -0.0173. The van der Waals surface area contributed by atoms with Crippen molar-refractivity contribution in [1.29, 1.82) is 0 Å². The van der Waals surface area contributed by atoms with Crippen molar-refractivity contribution < 1.29 is 14.3 Å². The first kappa shape index (κ1) is 20.0. The zero-order valence-electron chi connectivity index (χ0n) is 16.6. The van der Waals surface area contributed by atoms with Crippen molar-refractivity contribution in [2.24, 2.45) is 17.8 Å². The molecule has 0 unspecified atom stereocenters. The summed E-state index contributed by atoms with van der Waals surface area (Å²) in [5.74, 6) is 0.539. The van der Waals surface area contributed by atoms with Gasteiger partial charge in [-0.05, 0) is 42.7 Å². The molecule has 1 aliphatic carbocycles. The smallest absolute Gasteiger partial charge is 0.340 e. The average molecular weight is 381 g/mol. The molecule has 0 bridgehead atoms. The number of anilines is 1. The predicted octanol–water partition coefficient (Wildman–Crippen LogP) is 4.35. The van der Waals surface area contributed by atoms with Crippen LogP contribution in [0.2, 0.25) is 0 Å². The van der Waals surface area contributed by atoms with Gasteiger partial charge in [-0.3, -0.25) is 9.78 Å². The zero-order valence-corrected chi connectivity index (χ0v) is 16.6. The van der Waals surface area contributed by atoms with E-state index in [1.165, 1.54) is 25.0 Å². The molecule has 1 N–H and O–H groups in total. The molecule has 0 aliphatic heterocycles. The first-order valence-corrected chi connectivity index (χ1v) is 9.83. The Hall–Kier alpha value is -2.76. The number of rotatable bonds is 5. The molecular weight excluding hydrogens is 354 g/mol. The van der Waals surface area contributed by atoms with Gasteiger partial charge >= 0.3 is 5.97 Å². The Kier molecular flexibility index (Phi) is 6.39. The monoisotopic (exact) mass is 381 g/mol. The van der Waals surface area contributed by atoms with Crippen LogP contribution in [0.1, 0.15) is 60.9 Å². The van der Waals surface area contributed by atoms with Gasteiger partial charge in [-0.1, -0.05) is 39.3 Å². The van der Waals surface area contributed by atoms with Gasteiger partial charge in [-0.2, -0.15) is 0 Å². The van der Waals surface area contributed by atoms with Crippen molar-refractivity contribution in [3.63, 3.8) is 0 Å². The topological polar surface area (TPSA) is 81.2 Å². The number of esters is 1. The van der Waals surface area contributed by atoms with Crippen molar-refractivity contribution in [2.45, 2.75) is 46.1 Å². The van der Waals surface area contributed by atoms with Crippen molar-refractivity contribution in [3.8, 4) is 0 Å². The fourth-order valence-electron chi connectivity index (χ4n) is 3.82. The summed E-state index contributed by atoms with van der Waals surface area (Å²) in [6.07, 6.45) is 7.35. The van der Waals surface area contributed by atoms with Crippen LogP contribution in [0.25, 0.3) is 0 Å². The van der Waals surface area contributed by atoms with Gasteiger partial charge < -0.3 is 10.1 Å². The molecule has 0 spiro atoms. The maximum absolute atomic E-state index is 12.9. The molecule has 1 aromatic heterocycles. The van der Waals surface area contributed by atoms with Gasteiger partial charge in [0.05, 0.1) is 17.4 Å². The zero-order chi connectivity index (χ0) is 20.1. The van der Waals surface area contributed by atoms with E-state index in [1.54, 1.807) is 24.3 Å². The van der Waals surface area contributed by atoms with Gasteiger partial charge in [0.25, 0.3) is 5.91 Å². The summed E-state index contributed by atoms with van der Waals surface area (Å²) in [4.78, 5) is 33.2. The number of nitrogens with one attached hydrogen (secondary N) is 1. The van der Waals surface area contributed by atoms with Gasteiger partial charge in [-0.25, -0.2) is 9.78 Å². The van der Waals surface area contributed by atoms with Gasteiger partial charge in [0, 0.05) is 12.4 Å². The van der Waals surface area contributed by atoms with E-state index in [4.69, 9.17) is 4.74 Å². The van der Waals surface area contributed by atoms with Gasteiger partial charge in [0.2, 0.25) is 0 Å². The second-order valence-corrected chi connectivity index (χ2v) is 7.86. The third-order valence-corrected chi connectivity index (χ3v) is 5.41. The molecular formula is C22H27N3O3. The first-order valence-electron chi connectivity index (χ1n) is 9.83. The minimum Gasteiger partial charge on any atom is -0.458 e. The number of hydrogen-bond acceptors (Lipinski definition) is 5. The lowest BCUT2D eigenvalue weighted by Crippen LogP contribution is -2.36. The largest absolute Gasteiger partial charge is 0.458 e. The van der Waals surface area contributed by atoms with Crippen molar-refractivity contribution >= 4 is 17.6 Å². The number of amides is 1. The third-order valence-electron chi connectivity index (χ3n) is 5.41. The Morgan fingerprint density at radius 3 is 2.68 bits per heavy atom. The highest BCUT2D eigenvalue weighted by Gasteiger charge is 2.34. The summed E-state index contributed by atoms with van der Waals surface area (Å²) in [7, 11) is 0. The number of carbonyl (C=O) groups excluding carboxylic acids is 2. The Morgan fingerprint density at radius 2 is 1.96 bits per heavy atom. The van der Waals surface area contributed by atoms with Crippen LogP contribution in [-0.2, 0) is 4.74 Å². The number of carbonyl (C=O) groups is 2. The van der Waals surface area contributed by atoms with Gasteiger partial charge in [0.1, 0.15) is 11.8 Å². The highest BCUT2D eigenvalue weighted by molar-refractivity contribution is 6.06. The normalized spacial score (nSPS) is 21.9. The van der Waals surface area contributed by atoms with Crippen molar-refractivity contribution in [1.82, 2.24) is 9.97 Å². The van der Waals surface area contributed by atoms with Crippen LogP contribution >= 0.6 is 0 Å². The minimum absolute atomic E-state index is 0.0972. The number of benzene rings is 1. The quantitative estimate of drug-likeness (QED) is 0.779. The maximum atomic E-state index is 12.9. The molecule has 3 atom stereocenters. The van der Waals surface area contributed by atoms with Gasteiger partial charge in [-0.15, -0.1) is 0 Å². The van der Waals surface area contributed by atoms with E-state index in [-0.39, 0.29) is 11.8 Å². The maximum Gasteiger partial charge on any atom is 0.340 e. The molecule has 28 heavy (non-hydrogen) atoms. The number of nitrogens with zero attached hydrogens (tertiary/aromatic N) is 2. The molecule has 1 amide bonds. The summed E-state index contributed by atoms with van der Waals surface area (Å²) in [6.45, 7) is 6.56. The number of ether oxygens (including phenoxy) is 1. The Labute approximate surface area is 165 Å². The summed E-state index contributed by atoms with van der Waals surface area (Å²) in [5.41, 5.74) is 0.945. The lowest BCUT2D eigenvalue weighted by atomic mass is 9.75. The first-order chi connectivity index (χ1) is 13.5. The SMILES string of the molecule is CC(C)[C@@H]1CC[C@@H](C)C[C@@H]1OC(=O)c1ccccc1NC(=O)c1cnccn1. The molecule has 6 heteroatoms. The highest BCUT2D eigenvalue weighted by Crippen LogP contribution is 2.36. The number of aromatic nitrogens is 2. The number of para-hydroxylation sites is 1. The molecule has 1 heterocycles. The Morgan fingerprint density at radius 1 is 1.18 bits per heavy atom. The van der Waals surface area contributed by atoms with Crippen LogP contribution in [0.3, 0.4) is 0 Å². The second-order valence-electron chi connectivity index (χ2n) is 7.86. The predicted molar refractivity (Wildman–Crippen MR) is 107 cm³/mol. The second kappa shape index (κ2) is 8.95. The minimum atomic E-state index is -0.417. The van der Waals surface area contributed by atoms with E-state index in [9.17, 15) is 9.59 Å². The summed E-state index contributed by atoms with van der Waals surface area (Å²) < 4.78 is 5.93. The van der Waals surface area contributed by atoms with Gasteiger partial charge in [0.15, 0.2) is 0 Å². The van der Waals surface area contributed by atoms with Crippen LogP contribution < -0.4 is 5.32 Å². The average Bonchev–Trinajstić information content (AvgIpc) is 2.68. The number of hydrogen-bond donors (Lipinski definition) is 1. The van der Waals surface area contributed by atoms with Crippen LogP contribution in [0.4, 0.5) is 5.69 Å². The molecule has 148 valence electrons. The van der Waals surface area contributed by atoms with Crippen LogP contribution in [0.15, 0.2) is 42.9 Å². The molecule has 0 saturated heterocycles. The molecule has 1 aliphatic rings. The summed E-state index contributed by atoms with van der Waals surface area (Å²) in [5, 5.41) is 2.75. The highest BCUT2D eigenvalue weighted by atomic mass is 16.5. The van der Waals surface area contributed by atoms with Crippen LogP contribution in [-0.4, -0.2) is 27.9 Å². The van der Waals surface area contributed by atoms with Crippen molar-refractivity contribution in [3.05, 3.63) is 54.1 Å². The summed E-state index contributed by atoms with van der Waals surface area (Å²) in [6, 6.07) is 6.89. The van der Waals surface area contributed by atoms with Crippen LogP contribution in [0.5, 0.6) is 0 Å². The third kappa shape index (κ3) is 4.74. The van der Waals surface area contributed by atoms with Crippen LogP contribution in [0, 0.1) is 17.8 Å².